The third-order valence-corrected chi connectivity index (χ3v) is 8.49. The van der Waals surface area contributed by atoms with Gasteiger partial charge in [0.1, 0.15) is 25.0 Å². The average Bonchev–Trinajstić information content (AvgIpc) is 3.50. The van der Waals surface area contributed by atoms with E-state index in [2.05, 4.69) is 15.0 Å². The van der Waals surface area contributed by atoms with Gasteiger partial charge in [-0.05, 0) is 17.5 Å². The molecule has 0 N–H and O–H groups in total. The molecule has 1 aromatic heterocycles. The van der Waals surface area contributed by atoms with E-state index in [4.69, 9.17) is 23.7 Å². The Labute approximate surface area is 284 Å². The molecule has 2 fully saturated rings. The molecule has 14 nitrogen and oxygen atoms in total. The van der Waals surface area contributed by atoms with Gasteiger partial charge in [0.25, 0.3) is 0 Å². The number of hydrogen-bond acceptors (Lipinski definition) is 11. The Bertz CT molecular complexity index is 1650. The van der Waals surface area contributed by atoms with Crippen LogP contribution >= 0.6 is 0 Å². The Hall–Kier alpha value is -5.53. The number of carbonyl (C=O) groups is 4. The molecule has 0 spiro atoms. The summed E-state index contributed by atoms with van der Waals surface area (Å²) in [4.78, 5) is 68.1. The summed E-state index contributed by atoms with van der Waals surface area (Å²) in [5.41, 5.74) is 1.66. The molecular weight excluding hydrogens is 634 g/mol. The van der Waals surface area contributed by atoms with Crippen LogP contribution in [-0.2, 0) is 32.2 Å². The van der Waals surface area contributed by atoms with Crippen molar-refractivity contribution in [3.05, 3.63) is 83.6 Å². The number of nitrogens with zero attached hydrogens (tertiary/aromatic N) is 5. The van der Waals surface area contributed by atoms with Crippen LogP contribution in [0.5, 0.6) is 11.9 Å². The summed E-state index contributed by atoms with van der Waals surface area (Å²) in [6.45, 7) is 3.33. The fraction of sp³-hybridized carbons (Fsp3) is 0.400. The summed E-state index contributed by atoms with van der Waals surface area (Å²) < 4.78 is 27.2. The molecule has 14 heteroatoms. The number of carbonyl (C=O) groups excluding carboxylic acids is 4. The van der Waals surface area contributed by atoms with Crippen molar-refractivity contribution in [1.29, 1.82) is 0 Å². The maximum absolute atomic E-state index is 13.6. The van der Waals surface area contributed by atoms with E-state index in [0.717, 1.165) is 11.1 Å². The number of esters is 1. The molecule has 0 saturated carbocycles. The third kappa shape index (κ3) is 8.69. The van der Waals surface area contributed by atoms with Gasteiger partial charge in [-0.15, -0.1) is 4.99 Å². The van der Waals surface area contributed by atoms with Crippen LogP contribution in [0.3, 0.4) is 0 Å². The standard InChI is InChI=1S/C35H39N5O9/c1-22-28-19-39(35(44)48-21-25-13-9-6-10-14-25)33(38-34(43)47-20-24-11-7-5-8-12-24)40(28)26(17-30(22)49-23(2)41)15-16-29(42)27-18-31(45-3)37-32(36-27)46-4/h5-14,18,22,26,28,30H,15-17,19-21H2,1-4H3/b38-33+/t22-,26+,28-,30+/m1/s1. The molecule has 2 amide bonds. The quantitative estimate of drug-likeness (QED) is 0.156. The van der Waals surface area contributed by atoms with E-state index in [0.29, 0.717) is 6.42 Å². The monoisotopic (exact) mass is 673 g/mol. The number of amides is 2. The first-order chi connectivity index (χ1) is 23.7. The first kappa shape index (κ1) is 34.8. The molecule has 49 heavy (non-hydrogen) atoms. The minimum atomic E-state index is -0.898. The molecule has 2 aliphatic rings. The van der Waals surface area contributed by atoms with Crippen molar-refractivity contribution in [2.45, 2.75) is 64.5 Å². The second-order valence-corrected chi connectivity index (χ2v) is 11.7. The topological polar surface area (TPSA) is 159 Å². The Kier molecular flexibility index (Phi) is 11.4. The number of ketones is 1. The summed E-state index contributed by atoms with van der Waals surface area (Å²) in [5.74, 6) is -0.821. The van der Waals surface area contributed by atoms with Crippen LogP contribution in [0.25, 0.3) is 0 Å². The smallest absolute Gasteiger partial charge is 0.437 e. The summed E-state index contributed by atoms with van der Waals surface area (Å²) in [7, 11) is 2.81. The number of aliphatic imine (C=N–C) groups is 1. The van der Waals surface area contributed by atoms with Gasteiger partial charge in [0.15, 0.2) is 5.78 Å². The van der Waals surface area contributed by atoms with Crippen LogP contribution < -0.4 is 9.47 Å². The van der Waals surface area contributed by atoms with Crippen molar-refractivity contribution in [2.24, 2.45) is 10.9 Å². The van der Waals surface area contributed by atoms with Gasteiger partial charge in [0.2, 0.25) is 11.8 Å². The fourth-order valence-electron chi connectivity index (χ4n) is 6.04. The highest BCUT2D eigenvalue weighted by Crippen LogP contribution is 2.38. The van der Waals surface area contributed by atoms with Crippen LogP contribution in [0.1, 0.15) is 54.7 Å². The van der Waals surface area contributed by atoms with E-state index in [-0.39, 0.29) is 67.8 Å². The summed E-state index contributed by atoms with van der Waals surface area (Å²) in [6.07, 6.45) is -1.55. The van der Waals surface area contributed by atoms with E-state index in [1.54, 1.807) is 0 Å². The SMILES string of the molecule is COc1cc(C(=O)CC[C@H]2C[C@H](OC(C)=O)[C@H](C)[C@H]3CN(C(=O)OCc4ccccc4)/C(=N\C(=O)OCc4ccccc4)N23)nc(OC)n1. The predicted molar refractivity (Wildman–Crippen MR) is 175 cm³/mol. The van der Waals surface area contributed by atoms with Crippen molar-refractivity contribution in [1.82, 2.24) is 19.8 Å². The van der Waals surface area contributed by atoms with Crippen molar-refractivity contribution < 1.29 is 42.9 Å². The van der Waals surface area contributed by atoms with Gasteiger partial charge in [-0.25, -0.2) is 14.5 Å². The normalized spacial score (nSPS) is 20.7. The lowest BCUT2D eigenvalue weighted by atomic mass is 9.83. The van der Waals surface area contributed by atoms with Gasteiger partial charge in [0.05, 0.1) is 26.8 Å². The molecule has 0 unspecified atom stereocenters. The van der Waals surface area contributed by atoms with Crippen LogP contribution in [0.15, 0.2) is 71.7 Å². The number of aromatic nitrogens is 2. The zero-order chi connectivity index (χ0) is 34.9. The van der Waals surface area contributed by atoms with Crippen LogP contribution in [0, 0.1) is 5.92 Å². The number of methoxy groups -OCH3 is 2. The van der Waals surface area contributed by atoms with Gasteiger partial charge in [0, 0.05) is 37.8 Å². The van der Waals surface area contributed by atoms with Gasteiger partial charge in [-0.2, -0.15) is 9.97 Å². The molecule has 5 rings (SSSR count). The minimum absolute atomic E-state index is 0.00197. The first-order valence-electron chi connectivity index (χ1n) is 15.9. The van der Waals surface area contributed by atoms with Crippen molar-refractivity contribution in [2.75, 3.05) is 20.8 Å². The number of hydrogen-bond donors (Lipinski definition) is 0. The lowest BCUT2D eigenvalue weighted by molar-refractivity contribution is -0.153. The van der Waals surface area contributed by atoms with Crippen LogP contribution in [0.4, 0.5) is 9.59 Å². The number of Topliss-reactive ketones (excluding diaryl/α,β-unsaturated/α-hetero) is 1. The number of rotatable bonds is 11. The maximum Gasteiger partial charge on any atom is 0.437 e. The molecule has 2 saturated heterocycles. The molecular formula is C35H39N5O9. The maximum atomic E-state index is 13.6. The predicted octanol–water partition coefficient (Wildman–Crippen LogP) is 4.81. The van der Waals surface area contributed by atoms with Crippen molar-refractivity contribution >= 4 is 29.9 Å². The van der Waals surface area contributed by atoms with E-state index in [9.17, 15) is 19.2 Å². The highest BCUT2D eigenvalue weighted by molar-refractivity contribution is 6.01. The Morgan fingerprint density at radius 2 is 1.55 bits per heavy atom. The van der Waals surface area contributed by atoms with Gasteiger partial charge in [-0.1, -0.05) is 67.6 Å². The second-order valence-electron chi connectivity index (χ2n) is 11.7. The molecule has 2 aliphatic heterocycles. The zero-order valence-corrected chi connectivity index (χ0v) is 27.8. The number of benzene rings is 2. The molecule has 4 atom stereocenters. The van der Waals surface area contributed by atoms with E-state index >= 15 is 0 Å². The summed E-state index contributed by atoms with van der Waals surface area (Å²) in [5, 5.41) is 0. The zero-order valence-electron chi connectivity index (χ0n) is 27.8. The molecule has 0 radical (unpaired) electrons. The average molecular weight is 674 g/mol. The second kappa shape index (κ2) is 16.0. The number of piperidine rings is 1. The Morgan fingerprint density at radius 1 is 0.898 bits per heavy atom. The molecule has 0 aliphatic carbocycles. The Balaban J connectivity index is 1.44. The summed E-state index contributed by atoms with van der Waals surface area (Å²) >= 11 is 0. The molecule has 258 valence electrons. The number of guanidine groups is 1. The fourth-order valence-corrected chi connectivity index (χ4v) is 6.04. The third-order valence-electron chi connectivity index (χ3n) is 8.49. The summed E-state index contributed by atoms with van der Waals surface area (Å²) in [6, 6.07) is 18.8. The van der Waals surface area contributed by atoms with E-state index < -0.39 is 36.3 Å². The molecule has 2 aromatic carbocycles. The molecule has 3 heterocycles. The molecule has 3 aromatic rings. The highest BCUT2D eigenvalue weighted by atomic mass is 16.6. The van der Waals surface area contributed by atoms with Crippen molar-refractivity contribution in [3.8, 4) is 11.9 Å². The minimum Gasteiger partial charge on any atom is -0.481 e. The highest BCUT2D eigenvalue weighted by Gasteiger charge is 2.52. The van der Waals surface area contributed by atoms with Gasteiger partial charge < -0.3 is 28.6 Å². The van der Waals surface area contributed by atoms with Crippen LogP contribution in [0.2, 0.25) is 0 Å². The van der Waals surface area contributed by atoms with Gasteiger partial charge in [-0.3, -0.25) is 9.59 Å². The molecule has 0 bridgehead atoms. The van der Waals surface area contributed by atoms with Crippen LogP contribution in [-0.4, -0.2) is 88.6 Å². The van der Waals surface area contributed by atoms with E-state index in [1.807, 2.05) is 72.5 Å². The van der Waals surface area contributed by atoms with Crippen molar-refractivity contribution in [3.63, 3.8) is 0 Å². The van der Waals surface area contributed by atoms with Gasteiger partial charge >= 0.3 is 24.2 Å². The first-order valence-corrected chi connectivity index (χ1v) is 15.9. The lowest BCUT2D eigenvalue weighted by Crippen LogP contribution is -2.56. The number of ether oxygens (including phenoxy) is 5. The Morgan fingerprint density at radius 3 is 2.16 bits per heavy atom. The number of fused-ring (bicyclic) bond motifs is 1. The lowest BCUT2D eigenvalue weighted by Gasteiger charge is -2.45. The van der Waals surface area contributed by atoms with E-state index in [1.165, 1.54) is 32.1 Å². The largest absolute Gasteiger partial charge is 0.481 e.